The van der Waals surface area contributed by atoms with Gasteiger partial charge in [-0.25, -0.2) is 9.07 Å². The van der Waals surface area contributed by atoms with Gasteiger partial charge in [0.2, 0.25) is 11.8 Å². The summed E-state index contributed by atoms with van der Waals surface area (Å²) < 4.78 is 14.5. The van der Waals surface area contributed by atoms with E-state index in [-0.39, 0.29) is 36.6 Å². The van der Waals surface area contributed by atoms with Crippen LogP contribution in [0.3, 0.4) is 0 Å². The monoisotopic (exact) mass is 392 g/mol. The van der Waals surface area contributed by atoms with Crippen LogP contribution in [0.15, 0.2) is 30.3 Å². The van der Waals surface area contributed by atoms with Gasteiger partial charge in [-0.2, -0.15) is 5.10 Å². The van der Waals surface area contributed by atoms with Crippen molar-refractivity contribution in [2.24, 2.45) is 0 Å². The van der Waals surface area contributed by atoms with E-state index < -0.39 is 0 Å². The Morgan fingerprint density at radius 2 is 1.96 bits per heavy atom. The molecule has 0 aliphatic heterocycles. The van der Waals surface area contributed by atoms with Gasteiger partial charge in [0, 0.05) is 30.6 Å². The maximum atomic E-state index is 13.1. The quantitative estimate of drug-likeness (QED) is 0.711. The number of nitrogens with one attached hydrogen (secondary N) is 2. The molecule has 1 aromatic heterocycles. The van der Waals surface area contributed by atoms with Crippen molar-refractivity contribution < 1.29 is 14.0 Å². The van der Waals surface area contributed by atoms with Crippen LogP contribution < -0.4 is 10.6 Å². The average molecular weight is 393 g/mol. The number of amides is 2. The fourth-order valence-electron chi connectivity index (χ4n) is 2.37. The van der Waals surface area contributed by atoms with Crippen molar-refractivity contribution in [2.75, 3.05) is 6.54 Å². The van der Waals surface area contributed by atoms with E-state index in [1.807, 2.05) is 13.8 Å². The molecule has 1 heterocycles. The van der Waals surface area contributed by atoms with E-state index in [1.165, 1.54) is 22.9 Å². The Morgan fingerprint density at radius 1 is 1.30 bits per heavy atom. The van der Waals surface area contributed by atoms with Crippen molar-refractivity contribution in [1.29, 1.82) is 0 Å². The minimum Gasteiger partial charge on any atom is -0.354 e. The molecule has 27 heavy (non-hydrogen) atoms. The normalized spacial score (nSPS) is 11.2. The van der Waals surface area contributed by atoms with E-state index in [0.29, 0.717) is 22.1 Å². The third-order valence-electron chi connectivity index (χ3n) is 3.62. The number of hydrogen-bond acceptors (Lipinski definition) is 3. The highest BCUT2D eigenvalue weighted by Crippen LogP contribution is 2.24. The highest BCUT2D eigenvalue weighted by Gasteiger charge is 2.13. The summed E-state index contributed by atoms with van der Waals surface area (Å²) in [5.41, 5.74) is 1.84. The second-order valence-corrected chi connectivity index (χ2v) is 6.63. The minimum absolute atomic E-state index is 0.0656. The number of rotatable bonds is 7. The largest absolute Gasteiger partial charge is 0.354 e. The van der Waals surface area contributed by atoms with E-state index >= 15 is 0 Å². The molecule has 0 bridgehead atoms. The molecule has 0 aliphatic rings. The van der Waals surface area contributed by atoms with Gasteiger partial charge in [0.05, 0.1) is 11.4 Å². The molecule has 1 aromatic carbocycles. The number of aromatic nitrogens is 2. The first-order chi connectivity index (χ1) is 12.8. The van der Waals surface area contributed by atoms with Gasteiger partial charge in [0.15, 0.2) is 0 Å². The zero-order valence-corrected chi connectivity index (χ0v) is 16.2. The Balaban J connectivity index is 1.99. The Morgan fingerprint density at radius 3 is 2.59 bits per heavy atom. The SMILES string of the molecule is Cc1nn(-c2ccc(F)cc2)c(Cl)c1/C=C/C(=O)NCCC(=O)NC(C)C. The van der Waals surface area contributed by atoms with E-state index in [9.17, 15) is 14.0 Å². The van der Waals surface area contributed by atoms with E-state index in [4.69, 9.17) is 11.6 Å². The van der Waals surface area contributed by atoms with Gasteiger partial charge < -0.3 is 10.6 Å². The van der Waals surface area contributed by atoms with Crippen LogP contribution in [-0.4, -0.2) is 34.2 Å². The summed E-state index contributed by atoms with van der Waals surface area (Å²) in [7, 11) is 0. The summed E-state index contributed by atoms with van der Waals surface area (Å²) >= 11 is 6.35. The topological polar surface area (TPSA) is 76.0 Å². The van der Waals surface area contributed by atoms with Crippen molar-refractivity contribution in [2.45, 2.75) is 33.2 Å². The third-order valence-corrected chi connectivity index (χ3v) is 3.99. The van der Waals surface area contributed by atoms with Crippen molar-refractivity contribution in [3.8, 4) is 5.69 Å². The Hall–Kier alpha value is -2.67. The standard InChI is InChI=1S/C19H22ClFN4O2/c1-12(2)23-18(27)10-11-22-17(26)9-8-16-13(3)24-25(19(16)20)15-6-4-14(21)5-7-15/h4-9,12H,10-11H2,1-3H3,(H,22,26)(H,23,27)/b9-8+. The number of halogens is 2. The molecule has 8 heteroatoms. The molecule has 0 spiro atoms. The van der Waals surface area contributed by atoms with Gasteiger partial charge in [-0.05, 0) is 51.1 Å². The molecular weight excluding hydrogens is 371 g/mol. The highest BCUT2D eigenvalue weighted by atomic mass is 35.5. The van der Waals surface area contributed by atoms with Crippen LogP contribution in [0.25, 0.3) is 11.8 Å². The predicted molar refractivity (Wildman–Crippen MR) is 103 cm³/mol. The van der Waals surface area contributed by atoms with Crippen molar-refractivity contribution in [3.63, 3.8) is 0 Å². The van der Waals surface area contributed by atoms with Crippen LogP contribution in [0.2, 0.25) is 5.15 Å². The fourth-order valence-corrected chi connectivity index (χ4v) is 2.70. The highest BCUT2D eigenvalue weighted by molar-refractivity contribution is 6.31. The minimum atomic E-state index is -0.349. The van der Waals surface area contributed by atoms with Crippen LogP contribution in [0, 0.1) is 12.7 Å². The van der Waals surface area contributed by atoms with Gasteiger partial charge in [0.25, 0.3) is 0 Å². The Bertz CT molecular complexity index is 844. The Kier molecular flexibility index (Phi) is 7.12. The fraction of sp³-hybridized carbons (Fsp3) is 0.316. The van der Waals surface area contributed by atoms with Crippen LogP contribution in [0.4, 0.5) is 4.39 Å². The van der Waals surface area contributed by atoms with Crippen molar-refractivity contribution in [1.82, 2.24) is 20.4 Å². The molecule has 6 nitrogen and oxygen atoms in total. The smallest absolute Gasteiger partial charge is 0.244 e. The molecule has 2 rings (SSSR count). The van der Waals surface area contributed by atoms with E-state index in [0.717, 1.165) is 0 Å². The number of benzene rings is 1. The second kappa shape index (κ2) is 9.32. The third kappa shape index (κ3) is 5.92. The molecule has 0 saturated heterocycles. The molecule has 2 aromatic rings. The van der Waals surface area contributed by atoms with Crippen LogP contribution in [-0.2, 0) is 9.59 Å². The number of carbonyl (C=O) groups excluding carboxylic acids is 2. The molecule has 2 N–H and O–H groups in total. The summed E-state index contributed by atoms with van der Waals surface area (Å²) in [5.74, 6) is -0.802. The van der Waals surface area contributed by atoms with Crippen molar-refractivity contribution >= 4 is 29.5 Å². The van der Waals surface area contributed by atoms with Crippen molar-refractivity contribution in [3.05, 3.63) is 52.6 Å². The summed E-state index contributed by atoms with van der Waals surface area (Å²) in [6.07, 6.45) is 3.11. The average Bonchev–Trinajstić information content (AvgIpc) is 2.87. The van der Waals surface area contributed by atoms with Gasteiger partial charge in [-0.1, -0.05) is 11.6 Å². The van der Waals surface area contributed by atoms with Crippen LogP contribution in [0.1, 0.15) is 31.5 Å². The van der Waals surface area contributed by atoms with Crippen LogP contribution >= 0.6 is 11.6 Å². The summed E-state index contributed by atoms with van der Waals surface area (Å²) in [6, 6.07) is 5.84. The Labute approximate surface area is 162 Å². The maximum absolute atomic E-state index is 13.1. The number of carbonyl (C=O) groups is 2. The lowest BCUT2D eigenvalue weighted by Crippen LogP contribution is -2.33. The van der Waals surface area contributed by atoms with Gasteiger partial charge in [-0.15, -0.1) is 0 Å². The summed E-state index contributed by atoms with van der Waals surface area (Å²) in [4.78, 5) is 23.4. The molecule has 0 fully saturated rings. The van der Waals surface area contributed by atoms with E-state index in [1.54, 1.807) is 25.1 Å². The van der Waals surface area contributed by atoms with Gasteiger partial charge in [0.1, 0.15) is 11.0 Å². The molecular formula is C19H22ClFN4O2. The zero-order chi connectivity index (χ0) is 20.0. The first kappa shape index (κ1) is 20.6. The molecule has 2 amide bonds. The lowest BCUT2D eigenvalue weighted by atomic mass is 10.2. The first-order valence-corrected chi connectivity index (χ1v) is 8.92. The molecule has 0 aliphatic carbocycles. The van der Waals surface area contributed by atoms with Gasteiger partial charge in [-0.3, -0.25) is 9.59 Å². The number of aryl methyl sites for hydroxylation is 1. The lowest BCUT2D eigenvalue weighted by Gasteiger charge is -2.08. The number of hydrogen-bond donors (Lipinski definition) is 2. The molecule has 0 saturated carbocycles. The van der Waals surface area contributed by atoms with Crippen LogP contribution in [0.5, 0.6) is 0 Å². The van der Waals surface area contributed by atoms with E-state index in [2.05, 4.69) is 15.7 Å². The second-order valence-electron chi connectivity index (χ2n) is 6.27. The van der Waals surface area contributed by atoms with Gasteiger partial charge >= 0.3 is 0 Å². The predicted octanol–water partition coefficient (Wildman–Crippen LogP) is 3.02. The lowest BCUT2D eigenvalue weighted by molar-refractivity contribution is -0.121. The first-order valence-electron chi connectivity index (χ1n) is 8.54. The molecule has 0 atom stereocenters. The maximum Gasteiger partial charge on any atom is 0.244 e. The molecule has 0 radical (unpaired) electrons. The number of nitrogens with zero attached hydrogens (tertiary/aromatic N) is 2. The summed E-state index contributed by atoms with van der Waals surface area (Å²) in [6.45, 7) is 5.75. The molecule has 144 valence electrons. The summed E-state index contributed by atoms with van der Waals surface area (Å²) in [5, 5.41) is 10.0. The zero-order valence-electron chi connectivity index (χ0n) is 15.4. The molecule has 0 unspecified atom stereocenters.